The van der Waals surface area contributed by atoms with Crippen LogP contribution in [0.1, 0.15) is 11.1 Å². The van der Waals surface area contributed by atoms with E-state index in [9.17, 15) is 18.0 Å². The van der Waals surface area contributed by atoms with E-state index in [-0.39, 0.29) is 27.5 Å². The van der Waals surface area contributed by atoms with Crippen molar-refractivity contribution in [1.82, 2.24) is 0 Å². The molecule has 0 amide bonds. The lowest BCUT2D eigenvalue weighted by molar-refractivity contribution is -0.139. The zero-order chi connectivity index (χ0) is 14.6. The summed E-state index contributed by atoms with van der Waals surface area (Å²) in [5.74, 6) is -0.653. The van der Waals surface area contributed by atoms with Crippen molar-refractivity contribution >= 4 is 29.3 Å². The molecule has 0 fully saturated rings. The van der Waals surface area contributed by atoms with Gasteiger partial charge in [-0.1, -0.05) is 11.6 Å². The average Bonchev–Trinajstić information content (AvgIpc) is 2.32. The molecule has 0 heterocycles. The predicted octanol–water partition coefficient (Wildman–Crippen LogP) is 3.54. The molecule has 3 nitrogen and oxygen atoms in total. The number of nitrogens with zero attached hydrogens (tertiary/aromatic N) is 1. The highest BCUT2D eigenvalue weighted by molar-refractivity contribution is 8.00. The minimum atomic E-state index is -4.53. The van der Waals surface area contributed by atoms with Gasteiger partial charge in [0.15, 0.2) is 0 Å². The number of halogens is 4. The normalized spacial score (nSPS) is 10.9. The number of alkyl halides is 3. The number of rotatable bonds is 3. The molecule has 0 spiro atoms. The largest absolute Gasteiger partial charge is 0.469 e. The summed E-state index contributed by atoms with van der Waals surface area (Å²) in [6.07, 6.45) is -0.295. The van der Waals surface area contributed by atoms with Gasteiger partial charge in [-0.3, -0.25) is 4.79 Å². The number of thioether (sulfide) groups is 1. The topological polar surface area (TPSA) is 50.1 Å². The van der Waals surface area contributed by atoms with Crippen molar-refractivity contribution in [3.05, 3.63) is 28.3 Å². The van der Waals surface area contributed by atoms with Crippen molar-refractivity contribution in [1.29, 1.82) is 5.26 Å². The van der Waals surface area contributed by atoms with E-state index in [0.717, 1.165) is 13.2 Å². The number of carbonyl (C=O) groups excluding carboxylic acids is 1. The van der Waals surface area contributed by atoms with Crippen molar-refractivity contribution in [3.8, 4) is 6.07 Å². The minimum Gasteiger partial charge on any atom is -0.469 e. The Hall–Kier alpha value is -1.39. The maximum absolute atomic E-state index is 12.3. The maximum atomic E-state index is 12.3. The molecule has 0 radical (unpaired) electrons. The van der Waals surface area contributed by atoms with E-state index in [1.807, 2.05) is 0 Å². The molecule has 0 bridgehead atoms. The van der Waals surface area contributed by atoms with E-state index in [2.05, 4.69) is 4.74 Å². The molecule has 1 aromatic rings. The van der Waals surface area contributed by atoms with E-state index in [4.69, 9.17) is 16.9 Å². The third kappa shape index (κ3) is 4.65. The Bertz CT molecular complexity index is 540. The summed E-state index contributed by atoms with van der Waals surface area (Å²) in [7, 11) is 1.15. The third-order valence-electron chi connectivity index (χ3n) is 2.03. The molecule has 0 atom stereocenters. The first-order chi connectivity index (χ1) is 8.76. The van der Waals surface area contributed by atoms with Crippen LogP contribution in [0.25, 0.3) is 0 Å². The fraction of sp³-hybridized carbons (Fsp3) is 0.273. The molecule has 0 unspecified atom stereocenters. The molecule has 1 rings (SSSR count). The first-order valence-electron chi connectivity index (χ1n) is 4.82. The molecule has 0 aromatic heterocycles. The van der Waals surface area contributed by atoms with Crippen molar-refractivity contribution in [2.24, 2.45) is 0 Å². The van der Waals surface area contributed by atoms with E-state index in [1.54, 1.807) is 6.07 Å². The monoisotopic (exact) mass is 309 g/mol. The summed E-state index contributed by atoms with van der Waals surface area (Å²) < 4.78 is 41.5. The van der Waals surface area contributed by atoms with E-state index in [1.165, 1.54) is 6.07 Å². The van der Waals surface area contributed by atoms with Crippen LogP contribution in [0.5, 0.6) is 0 Å². The average molecular weight is 310 g/mol. The predicted molar refractivity (Wildman–Crippen MR) is 63.8 cm³/mol. The van der Waals surface area contributed by atoms with Crippen LogP contribution in [-0.2, 0) is 16.0 Å². The SMILES string of the molecule is COC(=O)Cc1cc(C#N)cc(SC(F)(F)F)c1Cl. The fourth-order valence-corrected chi connectivity index (χ4v) is 2.22. The Balaban J connectivity index is 3.21. The standard InChI is InChI=1S/C11H7ClF3NO2S/c1-18-9(17)4-7-2-6(5-16)3-8(10(7)12)19-11(13,14)15/h2-3H,4H2,1H3. The van der Waals surface area contributed by atoms with Gasteiger partial charge in [-0.2, -0.15) is 18.4 Å². The van der Waals surface area contributed by atoms with Crippen LogP contribution in [0.4, 0.5) is 13.2 Å². The quantitative estimate of drug-likeness (QED) is 0.633. The van der Waals surface area contributed by atoms with Gasteiger partial charge in [-0.25, -0.2) is 0 Å². The molecule has 0 saturated carbocycles. The molecule has 1 aromatic carbocycles. The molecule has 0 N–H and O–H groups in total. The molecular formula is C11H7ClF3NO2S. The van der Waals surface area contributed by atoms with E-state index in [0.29, 0.717) is 0 Å². The second-order valence-electron chi connectivity index (χ2n) is 3.36. The molecule has 0 aliphatic heterocycles. The molecular weight excluding hydrogens is 303 g/mol. The van der Waals surface area contributed by atoms with Crippen LogP contribution in [0.2, 0.25) is 5.02 Å². The number of hydrogen-bond donors (Lipinski definition) is 0. The zero-order valence-corrected chi connectivity index (χ0v) is 11.1. The van der Waals surface area contributed by atoms with Gasteiger partial charge in [0.1, 0.15) is 0 Å². The second-order valence-corrected chi connectivity index (χ2v) is 4.84. The lowest BCUT2D eigenvalue weighted by Gasteiger charge is -2.11. The summed E-state index contributed by atoms with van der Waals surface area (Å²) in [5, 5.41) is 8.57. The van der Waals surface area contributed by atoms with E-state index >= 15 is 0 Å². The Labute approximate surface area is 116 Å². The number of carbonyl (C=O) groups is 1. The van der Waals surface area contributed by atoms with Gasteiger partial charge < -0.3 is 4.74 Å². The Morgan fingerprint density at radius 3 is 2.63 bits per heavy atom. The van der Waals surface area contributed by atoms with Crippen LogP contribution in [0, 0.1) is 11.3 Å². The smallest absolute Gasteiger partial charge is 0.446 e. The number of methoxy groups -OCH3 is 1. The van der Waals surface area contributed by atoms with Crippen molar-refractivity contribution in [2.75, 3.05) is 7.11 Å². The highest BCUT2D eigenvalue weighted by atomic mass is 35.5. The van der Waals surface area contributed by atoms with Gasteiger partial charge in [0, 0.05) is 4.90 Å². The number of ether oxygens (including phenoxy) is 1. The lowest BCUT2D eigenvalue weighted by atomic mass is 10.1. The molecule has 19 heavy (non-hydrogen) atoms. The third-order valence-corrected chi connectivity index (χ3v) is 3.36. The van der Waals surface area contributed by atoms with Crippen LogP contribution in [-0.4, -0.2) is 18.6 Å². The maximum Gasteiger partial charge on any atom is 0.446 e. The number of nitriles is 1. The minimum absolute atomic E-state index is 0.00458. The van der Waals surface area contributed by atoms with Crippen molar-refractivity contribution in [2.45, 2.75) is 16.8 Å². The number of benzene rings is 1. The summed E-state index contributed by atoms with van der Waals surface area (Å²) in [5.41, 5.74) is -4.41. The first kappa shape index (κ1) is 15.7. The summed E-state index contributed by atoms with van der Waals surface area (Å²) in [6, 6.07) is 4.01. The molecule has 0 saturated heterocycles. The molecule has 0 aliphatic rings. The fourth-order valence-electron chi connectivity index (χ4n) is 1.28. The van der Waals surface area contributed by atoms with E-state index < -0.39 is 23.2 Å². The summed E-state index contributed by atoms with van der Waals surface area (Å²) in [4.78, 5) is 10.8. The lowest BCUT2D eigenvalue weighted by Crippen LogP contribution is -2.06. The highest BCUT2D eigenvalue weighted by Crippen LogP contribution is 2.42. The van der Waals surface area contributed by atoms with Gasteiger partial charge in [-0.05, 0) is 29.5 Å². The van der Waals surface area contributed by atoms with Crippen LogP contribution in [0.15, 0.2) is 17.0 Å². The Morgan fingerprint density at radius 1 is 1.53 bits per heavy atom. The second kappa shape index (κ2) is 6.17. The summed E-state index contributed by atoms with van der Waals surface area (Å²) in [6.45, 7) is 0. The van der Waals surface area contributed by atoms with Crippen molar-refractivity contribution < 1.29 is 22.7 Å². The number of hydrogen-bond acceptors (Lipinski definition) is 4. The zero-order valence-electron chi connectivity index (χ0n) is 9.55. The van der Waals surface area contributed by atoms with Gasteiger partial charge in [-0.15, -0.1) is 0 Å². The van der Waals surface area contributed by atoms with Gasteiger partial charge in [0.05, 0.1) is 30.2 Å². The Kier molecular flexibility index (Phi) is 5.09. The van der Waals surface area contributed by atoms with Crippen LogP contribution >= 0.6 is 23.4 Å². The Morgan fingerprint density at radius 2 is 2.16 bits per heavy atom. The van der Waals surface area contributed by atoms with Gasteiger partial charge in [0.25, 0.3) is 0 Å². The van der Waals surface area contributed by atoms with Crippen LogP contribution in [0.3, 0.4) is 0 Å². The van der Waals surface area contributed by atoms with Crippen LogP contribution < -0.4 is 0 Å². The molecule has 8 heteroatoms. The number of esters is 1. The first-order valence-corrected chi connectivity index (χ1v) is 6.01. The van der Waals surface area contributed by atoms with Crippen molar-refractivity contribution in [3.63, 3.8) is 0 Å². The summed E-state index contributed by atoms with van der Waals surface area (Å²) >= 11 is 5.38. The highest BCUT2D eigenvalue weighted by Gasteiger charge is 2.31. The molecule has 0 aliphatic carbocycles. The van der Waals surface area contributed by atoms with Gasteiger partial charge in [0.2, 0.25) is 0 Å². The van der Waals surface area contributed by atoms with Gasteiger partial charge >= 0.3 is 11.5 Å². The molecule has 102 valence electrons.